The summed E-state index contributed by atoms with van der Waals surface area (Å²) in [6, 6.07) is 0.559. The summed E-state index contributed by atoms with van der Waals surface area (Å²) >= 11 is 0. The lowest BCUT2D eigenvalue weighted by molar-refractivity contribution is 0.340. The Morgan fingerprint density at radius 2 is 2.00 bits per heavy atom. The van der Waals surface area contributed by atoms with E-state index in [4.69, 9.17) is 0 Å². The van der Waals surface area contributed by atoms with Gasteiger partial charge in [-0.15, -0.1) is 0 Å². The molecule has 0 amide bonds. The topological polar surface area (TPSA) is 69.7 Å². The van der Waals surface area contributed by atoms with E-state index in [0.29, 0.717) is 12.0 Å². The number of hydrogen-bond acceptors (Lipinski definition) is 5. The van der Waals surface area contributed by atoms with Gasteiger partial charge < -0.3 is 10.2 Å². The highest BCUT2D eigenvalue weighted by Gasteiger charge is 2.24. The fraction of sp³-hybridized carbons (Fsp3) is 0.643. The zero-order valence-corrected chi connectivity index (χ0v) is 12.3. The second-order valence-corrected chi connectivity index (χ2v) is 5.78. The normalized spacial score (nSPS) is 22.9. The standard InChI is InChI=1S/C14H22N6/c1-9-4-6-10(7-5-9)20(3)13-11-8-16-19-12(11)17-14(15-2)18-13/h8-10H,4-7H2,1-3H3,(H2,15,16,17,18,19). The molecule has 0 spiro atoms. The zero-order chi connectivity index (χ0) is 14.1. The predicted molar refractivity (Wildman–Crippen MR) is 81.1 cm³/mol. The molecular weight excluding hydrogens is 252 g/mol. The van der Waals surface area contributed by atoms with Gasteiger partial charge in [0.15, 0.2) is 5.65 Å². The lowest BCUT2D eigenvalue weighted by atomic mass is 9.87. The van der Waals surface area contributed by atoms with Gasteiger partial charge in [0.05, 0.1) is 11.6 Å². The Morgan fingerprint density at radius 3 is 2.70 bits per heavy atom. The van der Waals surface area contributed by atoms with Crippen molar-refractivity contribution in [1.29, 1.82) is 0 Å². The second kappa shape index (κ2) is 5.26. The van der Waals surface area contributed by atoms with E-state index in [9.17, 15) is 0 Å². The molecular formula is C14H22N6. The molecule has 1 aliphatic rings. The van der Waals surface area contributed by atoms with Crippen LogP contribution >= 0.6 is 0 Å². The van der Waals surface area contributed by atoms with E-state index in [-0.39, 0.29) is 0 Å². The Bertz CT molecular complexity index is 584. The Kier molecular flexibility index (Phi) is 3.46. The number of nitrogens with one attached hydrogen (secondary N) is 2. The molecule has 3 rings (SSSR count). The van der Waals surface area contributed by atoms with E-state index in [1.807, 2.05) is 13.2 Å². The third kappa shape index (κ3) is 2.30. The van der Waals surface area contributed by atoms with Crippen molar-refractivity contribution < 1.29 is 0 Å². The monoisotopic (exact) mass is 274 g/mol. The van der Waals surface area contributed by atoms with Gasteiger partial charge in [-0.2, -0.15) is 15.1 Å². The van der Waals surface area contributed by atoms with Crippen molar-refractivity contribution in [3.63, 3.8) is 0 Å². The molecule has 0 aromatic carbocycles. The van der Waals surface area contributed by atoms with Crippen LogP contribution in [-0.2, 0) is 0 Å². The number of aromatic amines is 1. The Hall–Kier alpha value is -1.85. The van der Waals surface area contributed by atoms with E-state index in [1.165, 1.54) is 25.7 Å². The molecule has 0 aliphatic heterocycles. The third-order valence-corrected chi connectivity index (χ3v) is 4.38. The van der Waals surface area contributed by atoms with Gasteiger partial charge in [-0.1, -0.05) is 6.92 Å². The molecule has 0 saturated heterocycles. The lowest BCUT2D eigenvalue weighted by Crippen LogP contribution is -2.35. The predicted octanol–water partition coefficient (Wildman–Crippen LogP) is 2.41. The van der Waals surface area contributed by atoms with E-state index in [1.54, 1.807) is 0 Å². The molecule has 0 atom stereocenters. The molecule has 1 aliphatic carbocycles. The van der Waals surface area contributed by atoms with Gasteiger partial charge in [0.2, 0.25) is 5.95 Å². The fourth-order valence-electron chi connectivity index (χ4n) is 3.00. The molecule has 2 aromatic rings. The van der Waals surface area contributed by atoms with Crippen molar-refractivity contribution >= 4 is 22.8 Å². The van der Waals surface area contributed by atoms with Crippen molar-refractivity contribution in [2.24, 2.45) is 5.92 Å². The molecule has 20 heavy (non-hydrogen) atoms. The number of anilines is 2. The number of rotatable bonds is 3. The van der Waals surface area contributed by atoms with Gasteiger partial charge in [0.25, 0.3) is 0 Å². The number of fused-ring (bicyclic) bond motifs is 1. The molecule has 0 bridgehead atoms. The van der Waals surface area contributed by atoms with Crippen LogP contribution in [0.5, 0.6) is 0 Å². The first-order valence-corrected chi connectivity index (χ1v) is 7.30. The Labute approximate surface area is 119 Å². The number of H-pyrrole nitrogens is 1. The maximum absolute atomic E-state index is 4.63. The average molecular weight is 274 g/mol. The van der Waals surface area contributed by atoms with Crippen LogP contribution in [0.25, 0.3) is 11.0 Å². The van der Waals surface area contributed by atoms with E-state index in [2.05, 4.69) is 44.4 Å². The smallest absolute Gasteiger partial charge is 0.226 e. The van der Waals surface area contributed by atoms with E-state index >= 15 is 0 Å². The van der Waals surface area contributed by atoms with Crippen LogP contribution in [0.3, 0.4) is 0 Å². The van der Waals surface area contributed by atoms with E-state index < -0.39 is 0 Å². The minimum Gasteiger partial charge on any atom is -0.357 e. The number of aromatic nitrogens is 4. The van der Waals surface area contributed by atoms with Gasteiger partial charge in [0.1, 0.15) is 5.82 Å². The van der Waals surface area contributed by atoms with Crippen LogP contribution in [-0.4, -0.2) is 40.3 Å². The summed E-state index contributed by atoms with van der Waals surface area (Å²) in [6.07, 6.45) is 6.87. The summed E-state index contributed by atoms with van der Waals surface area (Å²) in [4.78, 5) is 11.3. The van der Waals surface area contributed by atoms with Crippen LogP contribution in [0.4, 0.5) is 11.8 Å². The first-order chi connectivity index (χ1) is 9.69. The second-order valence-electron chi connectivity index (χ2n) is 5.78. The lowest BCUT2D eigenvalue weighted by Gasteiger charge is -2.34. The third-order valence-electron chi connectivity index (χ3n) is 4.38. The maximum Gasteiger partial charge on any atom is 0.226 e. The first kappa shape index (κ1) is 13.1. The molecule has 108 valence electrons. The molecule has 0 unspecified atom stereocenters. The summed E-state index contributed by atoms with van der Waals surface area (Å²) < 4.78 is 0. The van der Waals surface area contributed by atoms with E-state index in [0.717, 1.165) is 22.8 Å². The maximum atomic E-state index is 4.63. The molecule has 1 saturated carbocycles. The average Bonchev–Trinajstić information content (AvgIpc) is 2.94. The summed E-state index contributed by atoms with van der Waals surface area (Å²) in [5, 5.41) is 11.0. The molecule has 6 nitrogen and oxygen atoms in total. The Morgan fingerprint density at radius 1 is 1.25 bits per heavy atom. The molecule has 2 heterocycles. The van der Waals surface area contributed by atoms with Crippen molar-refractivity contribution in [3.05, 3.63) is 6.20 Å². The minimum atomic E-state index is 0.559. The zero-order valence-electron chi connectivity index (χ0n) is 12.3. The highest BCUT2D eigenvalue weighted by molar-refractivity contribution is 5.87. The number of nitrogens with zero attached hydrogens (tertiary/aromatic N) is 4. The first-order valence-electron chi connectivity index (χ1n) is 7.30. The van der Waals surface area contributed by atoms with Crippen LogP contribution in [0.2, 0.25) is 0 Å². The summed E-state index contributed by atoms with van der Waals surface area (Å²) in [5.41, 5.74) is 0.787. The summed E-state index contributed by atoms with van der Waals surface area (Å²) in [5.74, 6) is 2.45. The summed E-state index contributed by atoms with van der Waals surface area (Å²) in [7, 11) is 3.97. The van der Waals surface area contributed by atoms with Gasteiger partial charge in [0, 0.05) is 20.1 Å². The van der Waals surface area contributed by atoms with Gasteiger partial charge in [-0.05, 0) is 31.6 Å². The van der Waals surface area contributed by atoms with Crippen molar-refractivity contribution in [3.8, 4) is 0 Å². The van der Waals surface area contributed by atoms with Crippen LogP contribution in [0.1, 0.15) is 32.6 Å². The molecule has 0 radical (unpaired) electrons. The highest BCUT2D eigenvalue weighted by Crippen LogP contribution is 2.31. The van der Waals surface area contributed by atoms with Crippen molar-refractivity contribution in [2.45, 2.75) is 38.6 Å². The van der Waals surface area contributed by atoms with Crippen LogP contribution < -0.4 is 10.2 Å². The largest absolute Gasteiger partial charge is 0.357 e. The van der Waals surface area contributed by atoms with Gasteiger partial charge in [-0.3, -0.25) is 5.10 Å². The molecule has 2 N–H and O–H groups in total. The summed E-state index contributed by atoms with van der Waals surface area (Å²) in [6.45, 7) is 2.34. The molecule has 1 fully saturated rings. The highest BCUT2D eigenvalue weighted by atomic mass is 15.3. The van der Waals surface area contributed by atoms with Crippen molar-refractivity contribution in [1.82, 2.24) is 20.2 Å². The van der Waals surface area contributed by atoms with Crippen molar-refractivity contribution in [2.75, 3.05) is 24.3 Å². The SMILES string of the molecule is CNc1nc(N(C)C2CCC(C)CC2)c2cn[nH]c2n1. The minimum absolute atomic E-state index is 0.559. The quantitative estimate of drug-likeness (QED) is 0.899. The molecule has 6 heteroatoms. The number of hydrogen-bond donors (Lipinski definition) is 2. The van der Waals surface area contributed by atoms with Crippen LogP contribution in [0.15, 0.2) is 6.20 Å². The molecule has 2 aromatic heterocycles. The van der Waals surface area contributed by atoms with Gasteiger partial charge in [-0.25, -0.2) is 0 Å². The Balaban J connectivity index is 1.93. The van der Waals surface area contributed by atoms with Crippen LogP contribution in [0, 0.1) is 5.92 Å². The van der Waals surface area contributed by atoms with Gasteiger partial charge >= 0.3 is 0 Å². The fourth-order valence-corrected chi connectivity index (χ4v) is 3.00.